The molecule has 24 rings (SSSR count). The molecule has 0 atom stereocenters. The Kier molecular flexibility index (Phi) is 13.5. The molecule has 0 N–H and O–H groups in total. The molecule has 0 fully saturated rings. The fraction of sp³-hybridized carbons (Fsp3) is 0. The zero-order valence-corrected chi connectivity index (χ0v) is 60.5. The predicted molar refractivity (Wildman–Crippen MR) is 462 cm³/mol. The maximum Gasteiger partial charge on any atom is 0.167 e. The van der Waals surface area contributed by atoms with Crippen molar-refractivity contribution in [3.63, 3.8) is 0 Å². The van der Waals surface area contributed by atoms with Gasteiger partial charge in [0.15, 0.2) is 34.9 Å². The molecule has 0 aliphatic rings. The normalized spacial score (nSPS) is 12.1. The van der Waals surface area contributed by atoms with E-state index in [1.165, 1.54) is 69.3 Å². The molecule has 0 aliphatic carbocycles. The van der Waals surface area contributed by atoms with E-state index in [2.05, 4.69) is 279 Å². The van der Waals surface area contributed by atoms with Crippen molar-refractivity contribution in [3.05, 3.63) is 340 Å². The molecule has 0 radical (unpaired) electrons. The number of hydrogen-bond donors (Lipinski definition) is 0. The molecule has 0 spiro atoms. The van der Waals surface area contributed by atoms with Crippen LogP contribution in [0.4, 0.5) is 0 Å². The number of fused-ring (bicyclic) bond motifs is 24. The fourth-order valence-electron chi connectivity index (χ4n) is 17.6. The number of benzene rings is 18. The van der Waals surface area contributed by atoms with Gasteiger partial charge in [0.1, 0.15) is 33.5 Å². The highest BCUT2D eigenvalue weighted by Gasteiger charge is 2.27. The van der Waals surface area contributed by atoms with Crippen LogP contribution >= 0.6 is 11.3 Å². The zero-order valence-electron chi connectivity index (χ0n) is 59.6. The van der Waals surface area contributed by atoms with Gasteiger partial charge in [-0.3, -0.25) is 0 Å². The number of rotatable bonds is 9. The van der Waals surface area contributed by atoms with E-state index in [-0.39, 0.29) is 0 Å². The Bertz CT molecular complexity index is 8100. The highest BCUT2D eigenvalue weighted by atomic mass is 32.1. The topological polar surface area (TPSA) is 117 Å². The standard InChI is InChI=1S/C102H56N6O3S/c1-2-22-57(23-3-1)97-103-99(80-41-21-46-89-91(80)79-35-12-14-45-88(79)109-89)107-100(104-97)82-43-19-39-77-87-56-62(55-84(95(87)111-94(77)82)60-49-51-73-69-31-7-5-27-65(69)67-29-9-11-33-71(67)86(73)54-60)58-24-16-25-61(52-58)98-105-101(108-102(106-98)83-44-20-40-78-74-34-13-15-47-90(74)112-96(78)83)81-42-18-38-76-75-37-17-36-63(92(75)110-93(76)81)59-48-50-72-68-30-6-4-26-64(68)66-28-8-10-32-70(66)85(72)53-59/h1-56H. The molecule has 0 aliphatic heterocycles. The van der Waals surface area contributed by atoms with Crippen LogP contribution in [0.25, 0.3) is 252 Å². The maximum atomic E-state index is 7.52. The van der Waals surface area contributed by atoms with Crippen LogP contribution in [0.5, 0.6) is 0 Å². The van der Waals surface area contributed by atoms with Crippen LogP contribution in [-0.4, -0.2) is 29.9 Å². The minimum absolute atomic E-state index is 0.474. The summed E-state index contributed by atoms with van der Waals surface area (Å²) in [5.74, 6) is 3.09. The molecule has 6 heterocycles. The molecular formula is C102H56N6O3S. The maximum absolute atomic E-state index is 7.52. The van der Waals surface area contributed by atoms with E-state index in [1.54, 1.807) is 11.3 Å². The summed E-state index contributed by atoms with van der Waals surface area (Å²) >= 11 is 1.76. The van der Waals surface area contributed by atoms with Gasteiger partial charge in [-0.15, -0.1) is 11.3 Å². The molecule has 24 aromatic rings. The number of nitrogens with zero attached hydrogens (tertiary/aromatic N) is 6. The van der Waals surface area contributed by atoms with E-state index in [1.807, 2.05) is 60.7 Å². The second-order valence-corrected chi connectivity index (χ2v) is 30.0. The Morgan fingerprint density at radius 2 is 0.554 bits per heavy atom. The summed E-state index contributed by atoms with van der Waals surface area (Å²) in [6.07, 6.45) is 0. The van der Waals surface area contributed by atoms with Crippen molar-refractivity contribution in [1.82, 2.24) is 29.9 Å². The van der Waals surface area contributed by atoms with Crippen LogP contribution in [0.1, 0.15) is 0 Å². The molecule has 0 bridgehead atoms. The molecule has 6 aromatic heterocycles. The second-order valence-electron chi connectivity index (χ2n) is 29.0. The molecule has 18 aromatic carbocycles. The van der Waals surface area contributed by atoms with Gasteiger partial charge in [0.25, 0.3) is 0 Å². The smallest absolute Gasteiger partial charge is 0.167 e. The molecule has 0 unspecified atom stereocenters. The van der Waals surface area contributed by atoms with E-state index in [9.17, 15) is 0 Å². The average Bonchev–Trinajstić information content (AvgIpc) is 1.20. The Hall–Kier alpha value is -14.8. The monoisotopic (exact) mass is 1440 g/mol. The SMILES string of the molecule is c1ccc(-c2nc(-c3cccc4c3oc3c(-c5ccc6c7ccccc7c7ccccc7c6c5)cc(-c5cccc(-c6nc(-c7cccc8c7oc7c(-c9ccc%10c%11ccccc%11c%11ccccc%11c%10c9)cccc78)nc(-c7cccc8c7sc7ccccc78)n6)c5)cc34)nc(-c3cccc4oc5ccccc5c34)n2)cc1. The van der Waals surface area contributed by atoms with Gasteiger partial charge < -0.3 is 13.3 Å². The number of furan rings is 3. The van der Waals surface area contributed by atoms with Crippen LogP contribution in [0, 0.1) is 0 Å². The lowest BCUT2D eigenvalue weighted by Crippen LogP contribution is -2.00. The second kappa shape index (κ2) is 24.3. The third kappa shape index (κ3) is 9.55. The van der Waals surface area contributed by atoms with E-state index < -0.39 is 0 Å². The zero-order chi connectivity index (χ0) is 73.2. The Balaban J connectivity index is 0.705. The third-order valence-electron chi connectivity index (χ3n) is 22.8. The highest BCUT2D eigenvalue weighted by Crippen LogP contribution is 2.49. The van der Waals surface area contributed by atoms with Crippen molar-refractivity contribution in [2.75, 3.05) is 0 Å². The third-order valence-corrected chi connectivity index (χ3v) is 24.0. The molecule has 10 heteroatoms. The van der Waals surface area contributed by atoms with Crippen molar-refractivity contribution in [1.29, 1.82) is 0 Å². The summed E-state index contributed by atoms with van der Waals surface area (Å²) < 4.78 is 23.6. The Morgan fingerprint density at radius 1 is 0.179 bits per heavy atom. The molecule has 0 amide bonds. The summed E-state index contributed by atoms with van der Waals surface area (Å²) in [6, 6.07) is 120. The first-order valence-corrected chi connectivity index (χ1v) is 38.4. The van der Waals surface area contributed by atoms with Gasteiger partial charge in [-0.25, -0.2) is 29.9 Å². The van der Waals surface area contributed by atoms with Crippen LogP contribution in [0.3, 0.4) is 0 Å². The summed E-state index contributed by atoms with van der Waals surface area (Å²) in [7, 11) is 0. The van der Waals surface area contributed by atoms with Gasteiger partial charge in [0.05, 0.1) is 11.1 Å². The Labute approximate surface area is 642 Å². The fourth-order valence-corrected chi connectivity index (χ4v) is 18.8. The number of hydrogen-bond acceptors (Lipinski definition) is 10. The minimum Gasteiger partial charge on any atom is -0.456 e. The van der Waals surface area contributed by atoms with Crippen molar-refractivity contribution in [3.8, 4) is 102 Å². The van der Waals surface area contributed by atoms with Crippen molar-refractivity contribution >= 4 is 162 Å². The lowest BCUT2D eigenvalue weighted by atomic mass is 9.90. The first-order valence-electron chi connectivity index (χ1n) is 37.6. The lowest BCUT2D eigenvalue weighted by molar-refractivity contribution is 0.669. The van der Waals surface area contributed by atoms with Crippen LogP contribution < -0.4 is 0 Å². The van der Waals surface area contributed by atoms with E-state index in [0.717, 1.165) is 137 Å². The predicted octanol–water partition coefficient (Wildman–Crippen LogP) is 28.0. The molecular weight excluding hydrogens is 1390 g/mol. The first kappa shape index (κ1) is 62.2. The largest absolute Gasteiger partial charge is 0.456 e. The van der Waals surface area contributed by atoms with Gasteiger partial charge in [0.2, 0.25) is 0 Å². The summed E-state index contributed by atoms with van der Waals surface area (Å²) in [5.41, 5.74) is 15.2. The quantitative estimate of drug-likeness (QED) is 0.130. The molecule has 112 heavy (non-hydrogen) atoms. The first-order chi connectivity index (χ1) is 55.5. The van der Waals surface area contributed by atoms with Gasteiger partial charge in [-0.1, -0.05) is 273 Å². The van der Waals surface area contributed by atoms with Gasteiger partial charge >= 0.3 is 0 Å². The number of aromatic nitrogens is 6. The van der Waals surface area contributed by atoms with Crippen LogP contribution in [0.15, 0.2) is 353 Å². The van der Waals surface area contributed by atoms with Crippen LogP contribution in [0.2, 0.25) is 0 Å². The van der Waals surface area contributed by atoms with Crippen molar-refractivity contribution in [2.24, 2.45) is 0 Å². The number of thiophene rings is 1. The molecule has 0 saturated carbocycles. The summed E-state index contributed by atoms with van der Waals surface area (Å²) in [5, 5.41) is 22.5. The summed E-state index contributed by atoms with van der Waals surface area (Å²) in [4.78, 5) is 32.7. The van der Waals surface area contributed by atoms with E-state index in [0.29, 0.717) is 46.1 Å². The molecule has 0 saturated heterocycles. The van der Waals surface area contributed by atoms with E-state index >= 15 is 0 Å². The van der Waals surface area contributed by atoms with Gasteiger partial charge in [-0.05, 0) is 154 Å². The lowest BCUT2D eigenvalue weighted by Gasteiger charge is -2.13. The van der Waals surface area contributed by atoms with Crippen molar-refractivity contribution < 1.29 is 13.3 Å². The van der Waals surface area contributed by atoms with Gasteiger partial charge in [-0.2, -0.15) is 0 Å². The molecule has 518 valence electrons. The van der Waals surface area contributed by atoms with E-state index in [4.69, 9.17) is 43.2 Å². The Morgan fingerprint density at radius 3 is 1.16 bits per heavy atom. The van der Waals surface area contributed by atoms with Crippen LogP contribution in [-0.2, 0) is 0 Å². The average molecular weight is 1450 g/mol. The number of para-hydroxylation sites is 4. The van der Waals surface area contributed by atoms with Crippen molar-refractivity contribution in [2.45, 2.75) is 0 Å². The highest BCUT2D eigenvalue weighted by molar-refractivity contribution is 7.26. The summed E-state index contributed by atoms with van der Waals surface area (Å²) in [6.45, 7) is 0. The van der Waals surface area contributed by atoms with Gasteiger partial charge in [0, 0.05) is 85.9 Å². The molecule has 9 nitrogen and oxygen atoms in total. The minimum atomic E-state index is 0.474.